The van der Waals surface area contributed by atoms with E-state index in [9.17, 15) is 4.79 Å². The number of carbonyl (C=O) groups excluding carboxylic acids is 1. The number of carbonyl (C=O) groups is 1. The van der Waals surface area contributed by atoms with Gasteiger partial charge in [-0.25, -0.2) is 0 Å². The molecule has 134 valence electrons. The minimum absolute atomic E-state index is 0.0343. The van der Waals surface area contributed by atoms with Crippen molar-refractivity contribution in [2.24, 2.45) is 7.05 Å². The van der Waals surface area contributed by atoms with E-state index in [2.05, 4.69) is 43.2 Å². The molecular formula is C20H27N3O2. The van der Waals surface area contributed by atoms with Crippen molar-refractivity contribution in [3.8, 4) is 0 Å². The maximum absolute atomic E-state index is 12.9. The van der Waals surface area contributed by atoms with Crippen LogP contribution in [0.15, 0.2) is 24.3 Å². The number of hydrogen-bond acceptors (Lipinski definition) is 3. The molecule has 1 amide bonds. The predicted molar refractivity (Wildman–Crippen MR) is 97.5 cm³/mol. The minimum atomic E-state index is -0.0343. The highest BCUT2D eigenvalue weighted by Crippen LogP contribution is 2.29. The van der Waals surface area contributed by atoms with Crippen LogP contribution in [0, 0.1) is 20.8 Å². The first kappa shape index (κ1) is 17.7. The van der Waals surface area contributed by atoms with Gasteiger partial charge in [-0.1, -0.05) is 29.8 Å². The van der Waals surface area contributed by atoms with Gasteiger partial charge in [0.1, 0.15) is 0 Å². The van der Waals surface area contributed by atoms with Gasteiger partial charge in [0.15, 0.2) is 0 Å². The number of amides is 1. The summed E-state index contributed by atoms with van der Waals surface area (Å²) >= 11 is 0. The van der Waals surface area contributed by atoms with Crippen molar-refractivity contribution in [2.75, 3.05) is 19.8 Å². The lowest BCUT2D eigenvalue weighted by Crippen LogP contribution is -2.43. The van der Waals surface area contributed by atoms with Crippen LogP contribution in [-0.2, 0) is 23.0 Å². The van der Waals surface area contributed by atoms with Crippen LogP contribution in [0.2, 0.25) is 0 Å². The second kappa shape index (κ2) is 7.40. The number of nitrogens with zero attached hydrogens (tertiary/aromatic N) is 3. The number of aromatic nitrogens is 2. The second-order valence-corrected chi connectivity index (χ2v) is 6.87. The maximum atomic E-state index is 12.9. The first-order chi connectivity index (χ1) is 12.0. The molecule has 1 saturated heterocycles. The summed E-state index contributed by atoms with van der Waals surface area (Å²) < 4.78 is 7.56. The zero-order valence-electron chi connectivity index (χ0n) is 15.6. The van der Waals surface area contributed by atoms with Crippen LogP contribution in [0.5, 0.6) is 0 Å². The summed E-state index contributed by atoms with van der Waals surface area (Å²) in [4.78, 5) is 14.9. The molecular weight excluding hydrogens is 314 g/mol. The van der Waals surface area contributed by atoms with E-state index < -0.39 is 0 Å². The molecule has 0 radical (unpaired) electrons. The summed E-state index contributed by atoms with van der Waals surface area (Å²) in [5.74, 6) is 0.191. The molecule has 2 heterocycles. The fourth-order valence-electron chi connectivity index (χ4n) is 3.56. The van der Waals surface area contributed by atoms with Crippen LogP contribution in [0.4, 0.5) is 0 Å². The third-order valence-corrected chi connectivity index (χ3v) is 5.10. The van der Waals surface area contributed by atoms with Gasteiger partial charge in [0.2, 0.25) is 5.91 Å². The lowest BCUT2D eigenvalue weighted by molar-refractivity contribution is -0.140. The van der Waals surface area contributed by atoms with Gasteiger partial charge >= 0.3 is 0 Å². The lowest BCUT2D eigenvalue weighted by Gasteiger charge is -2.36. The number of ether oxygens (including phenoxy) is 1. The van der Waals surface area contributed by atoms with E-state index in [1.54, 1.807) is 0 Å². The number of aryl methyl sites for hydroxylation is 4. The van der Waals surface area contributed by atoms with Crippen LogP contribution < -0.4 is 0 Å². The molecule has 0 N–H and O–H groups in total. The Morgan fingerprint density at radius 3 is 2.60 bits per heavy atom. The van der Waals surface area contributed by atoms with Crippen molar-refractivity contribution in [2.45, 2.75) is 39.7 Å². The predicted octanol–water partition coefficient (Wildman–Crippen LogP) is 2.88. The Hall–Kier alpha value is -2.14. The number of morpholine rings is 1. The molecule has 0 bridgehead atoms. The fraction of sp³-hybridized carbons (Fsp3) is 0.500. The SMILES string of the molecule is Cc1ccc(CCC(=O)N2CCOCC2c2c(C)nn(C)c2C)cc1. The fourth-order valence-corrected chi connectivity index (χ4v) is 3.56. The first-order valence-corrected chi connectivity index (χ1v) is 8.90. The molecule has 1 aliphatic rings. The Morgan fingerprint density at radius 1 is 1.24 bits per heavy atom. The quantitative estimate of drug-likeness (QED) is 0.859. The molecule has 1 aromatic carbocycles. The summed E-state index contributed by atoms with van der Waals surface area (Å²) in [6.07, 6.45) is 1.30. The average molecular weight is 341 g/mol. The molecule has 0 aliphatic carbocycles. The van der Waals surface area contributed by atoms with Crippen LogP contribution >= 0.6 is 0 Å². The second-order valence-electron chi connectivity index (χ2n) is 6.87. The van der Waals surface area contributed by atoms with Crippen molar-refractivity contribution in [3.63, 3.8) is 0 Å². The van der Waals surface area contributed by atoms with E-state index in [1.165, 1.54) is 11.1 Å². The number of benzene rings is 1. The van der Waals surface area contributed by atoms with Gasteiger partial charge in [0.05, 0.1) is 24.9 Å². The Labute approximate surface area is 149 Å². The van der Waals surface area contributed by atoms with Gasteiger partial charge in [-0.2, -0.15) is 5.10 Å². The summed E-state index contributed by atoms with van der Waals surface area (Å²) in [6.45, 7) is 7.93. The van der Waals surface area contributed by atoms with Gasteiger partial charge in [-0.05, 0) is 32.8 Å². The molecule has 0 spiro atoms. The van der Waals surface area contributed by atoms with Crippen LogP contribution in [0.25, 0.3) is 0 Å². The van der Waals surface area contributed by atoms with Gasteiger partial charge in [-0.3, -0.25) is 9.48 Å². The van der Waals surface area contributed by atoms with E-state index in [4.69, 9.17) is 4.74 Å². The smallest absolute Gasteiger partial charge is 0.223 e. The largest absolute Gasteiger partial charge is 0.377 e. The molecule has 1 aromatic heterocycles. The molecule has 5 heteroatoms. The van der Waals surface area contributed by atoms with Gasteiger partial charge in [0.25, 0.3) is 0 Å². The Balaban J connectivity index is 1.74. The van der Waals surface area contributed by atoms with Gasteiger partial charge < -0.3 is 9.64 Å². The van der Waals surface area contributed by atoms with E-state index in [0.717, 1.165) is 23.4 Å². The van der Waals surface area contributed by atoms with Crippen LogP contribution in [0.1, 0.15) is 40.5 Å². The average Bonchev–Trinajstić information content (AvgIpc) is 2.86. The van der Waals surface area contributed by atoms with Crippen molar-refractivity contribution in [1.82, 2.24) is 14.7 Å². The van der Waals surface area contributed by atoms with Crippen molar-refractivity contribution >= 4 is 5.91 Å². The molecule has 3 rings (SSSR count). The van der Waals surface area contributed by atoms with Crippen molar-refractivity contribution in [1.29, 1.82) is 0 Å². The Morgan fingerprint density at radius 2 is 1.96 bits per heavy atom. The van der Waals surface area contributed by atoms with E-state index in [0.29, 0.717) is 26.2 Å². The molecule has 1 fully saturated rings. The molecule has 1 aliphatic heterocycles. The highest BCUT2D eigenvalue weighted by molar-refractivity contribution is 5.77. The third kappa shape index (κ3) is 3.76. The molecule has 5 nitrogen and oxygen atoms in total. The monoisotopic (exact) mass is 341 g/mol. The zero-order chi connectivity index (χ0) is 18.0. The van der Waals surface area contributed by atoms with Crippen molar-refractivity contribution in [3.05, 3.63) is 52.3 Å². The van der Waals surface area contributed by atoms with E-state index in [1.807, 2.05) is 23.6 Å². The van der Waals surface area contributed by atoms with Crippen molar-refractivity contribution < 1.29 is 9.53 Å². The van der Waals surface area contributed by atoms with E-state index >= 15 is 0 Å². The Kier molecular flexibility index (Phi) is 5.23. The molecule has 2 aromatic rings. The van der Waals surface area contributed by atoms with Crippen LogP contribution in [0.3, 0.4) is 0 Å². The summed E-state index contributed by atoms with van der Waals surface area (Å²) in [5.41, 5.74) is 5.66. The Bertz CT molecular complexity index is 749. The maximum Gasteiger partial charge on any atom is 0.223 e. The first-order valence-electron chi connectivity index (χ1n) is 8.90. The standard InChI is InChI=1S/C20H27N3O2/c1-14-5-7-17(8-6-14)9-10-19(24)23-11-12-25-13-18(23)20-15(2)21-22(4)16(20)3/h5-8,18H,9-13H2,1-4H3. The molecule has 1 atom stereocenters. The summed E-state index contributed by atoms with van der Waals surface area (Å²) in [6, 6.07) is 8.37. The lowest BCUT2D eigenvalue weighted by atomic mass is 10.0. The normalized spacial score (nSPS) is 17.8. The third-order valence-electron chi connectivity index (χ3n) is 5.10. The van der Waals surface area contributed by atoms with Crippen LogP contribution in [-0.4, -0.2) is 40.3 Å². The molecule has 1 unspecified atom stereocenters. The molecule has 0 saturated carbocycles. The zero-order valence-corrected chi connectivity index (χ0v) is 15.6. The van der Waals surface area contributed by atoms with Gasteiger partial charge in [0, 0.05) is 31.3 Å². The minimum Gasteiger partial charge on any atom is -0.377 e. The summed E-state index contributed by atoms with van der Waals surface area (Å²) in [5, 5.41) is 4.50. The highest BCUT2D eigenvalue weighted by Gasteiger charge is 2.32. The molecule has 25 heavy (non-hydrogen) atoms. The topological polar surface area (TPSA) is 47.4 Å². The number of hydrogen-bond donors (Lipinski definition) is 0. The number of rotatable bonds is 4. The van der Waals surface area contributed by atoms with E-state index in [-0.39, 0.29) is 11.9 Å². The van der Waals surface area contributed by atoms with Gasteiger partial charge in [-0.15, -0.1) is 0 Å². The summed E-state index contributed by atoms with van der Waals surface area (Å²) in [7, 11) is 1.94. The highest BCUT2D eigenvalue weighted by atomic mass is 16.5.